The molecule has 0 spiro atoms. The number of hydrogen-bond acceptors (Lipinski definition) is 6. The van der Waals surface area contributed by atoms with Crippen LogP contribution in [0.3, 0.4) is 0 Å². The van der Waals surface area contributed by atoms with Crippen molar-refractivity contribution in [2.75, 3.05) is 6.26 Å². The van der Waals surface area contributed by atoms with E-state index in [1.54, 1.807) is 24.6 Å². The number of ether oxygens (including phenoxy) is 1. The topological polar surface area (TPSA) is 59.4 Å². The predicted molar refractivity (Wildman–Crippen MR) is 73.3 cm³/mol. The van der Waals surface area contributed by atoms with E-state index >= 15 is 0 Å². The van der Waals surface area contributed by atoms with Gasteiger partial charge in [0.2, 0.25) is 4.38 Å². The standard InChI is InChI=1S/C10H7NO3S3/c1-16-10(15)14-6-5-3-2-4-11-8(5)17-7(6)9(12)13/h2-4H,1H3,(H,12,13). The first-order chi connectivity index (χ1) is 8.13. The average molecular weight is 285 g/mol. The Hall–Kier alpha value is -1.18. The van der Waals surface area contributed by atoms with Gasteiger partial charge in [-0.15, -0.1) is 11.3 Å². The Labute approximate surface area is 111 Å². The highest BCUT2D eigenvalue weighted by Crippen LogP contribution is 2.37. The molecule has 2 aromatic rings. The molecule has 0 aliphatic rings. The van der Waals surface area contributed by atoms with E-state index in [9.17, 15) is 4.79 Å². The molecule has 2 rings (SSSR count). The molecular formula is C10H7NO3S3. The van der Waals surface area contributed by atoms with Crippen molar-refractivity contribution in [1.82, 2.24) is 4.98 Å². The fraction of sp³-hybridized carbons (Fsp3) is 0.100. The molecule has 2 aromatic heterocycles. The SMILES string of the molecule is CSC(=S)Oc1c(C(=O)O)sc2ncccc12. The minimum absolute atomic E-state index is 0.120. The second-order valence-corrected chi connectivity index (χ2v) is 5.39. The van der Waals surface area contributed by atoms with Crippen molar-refractivity contribution in [2.24, 2.45) is 0 Å². The number of aromatic nitrogens is 1. The first-order valence-electron chi connectivity index (χ1n) is 4.50. The van der Waals surface area contributed by atoms with Crippen LogP contribution in [0.2, 0.25) is 0 Å². The Morgan fingerprint density at radius 2 is 2.41 bits per heavy atom. The van der Waals surface area contributed by atoms with Crippen molar-refractivity contribution < 1.29 is 14.6 Å². The molecular weight excluding hydrogens is 278 g/mol. The van der Waals surface area contributed by atoms with E-state index in [0.717, 1.165) is 11.3 Å². The van der Waals surface area contributed by atoms with Gasteiger partial charge in [0, 0.05) is 6.20 Å². The molecule has 0 amide bonds. The third-order valence-corrected chi connectivity index (χ3v) is 4.05. The zero-order chi connectivity index (χ0) is 12.4. The summed E-state index contributed by atoms with van der Waals surface area (Å²) in [7, 11) is 0. The maximum absolute atomic E-state index is 11.1. The first kappa shape index (κ1) is 12.3. The van der Waals surface area contributed by atoms with Gasteiger partial charge in [-0.2, -0.15) is 0 Å². The van der Waals surface area contributed by atoms with Crippen LogP contribution >= 0.6 is 35.3 Å². The quantitative estimate of drug-likeness (QED) is 0.856. The fourth-order valence-corrected chi connectivity index (χ4v) is 2.44. The van der Waals surface area contributed by atoms with Crippen molar-refractivity contribution >= 4 is 55.9 Å². The van der Waals surface area contributed by atoms with Crippen LogP contribution in [-0.2, 0) is 0 Å². The van der Waals surface area contributed by atoms with Crippen LogP contribution in [-0.4, -0.2) is 26.7 Å². The predicted octanol–water partition coefficient (Wildman–Crippen LogP) is 3.02. The summed E-state index contributed by atoms with van der Waals surface area (Å²) in [5.41, 5.74) is 0. The summed E-state index contributed by atoms with van der Waals surface area (Å²) in [6.07, 6.45) is 3.39. The number of aromatic carboxylic acids is 1. The fourth-order valence-electron chi connectivity index (χ4n) is 1.28. The van der Waals surface area contributed by atoms with Crippen LogP contribution < -0.4 is 4.74 Å². The Morgan fingerprint density at radius 1 is 1.65 bits per heavy atom. The number of thiocarbonyl (C=S) groups is 1. The number of carbonyl (C=O) groups is 1. The first-order valence-corrected chi connectivity index (χ1v) is 6.95. The summed E-state index contributed by atoms with van der Waals surface area (Å²) in [5, 5.41) is 9.78. The van der Waals surface area contributed by atoms with Crippen LogP contribution in [0.25, 0.3) is 10.2 Å². The number of thioether (sulfide) groups is 1. The Morgan fingerprint density at radius 3 is 3.06 bits per heavy atom. The maximum atomic E-state index is 11.1. The maximum Gasteiger partial charge on any atom is 0.349 e. The van der Waals surface area contributed by atoms with Crippen molar-refractivity contribution in [3.8, 4) is 5.75 Å². The van der Waals surface area contributed by atoms with Crippen molar-refractivity contribution in [1.29, 1.82) is 0 Å². The highest BCUT2D eigenvalue weighted by Gasteiger charge is 2.20. The van der Waals surface area contributed by atoms with E-state index in [1.165, 1.54) is 11.8 Å². The van der Waals surface area contributed by atoms with E-state index in [-0.39, 0.29) is 15.0 Å². The molecule has 4 nitrogen and oxygen atoms in total. The van der Waals surface area contributed by atoms with Crippen molar-refractivity contribution in [2.45, 2.75) is 0 Å². The lowest BCUT2D eigenvalue weighted by atomic mass is 10.3. The second-order valence-electron chi connectivity index (χ2n) is 2.98. The Bertz CT molecular complexity index is 593. The van der Waals surface area contributed by atoms with Gasteiger partial charge in [-0.3, -0.25) is 0 Å². The van der Waals surface area contributed by atoms with Gasteiger partial charge in [0.1, 0.15) is 4.83 Å². The van der Waals surface area contributed by atoms with Gasteiger partial charge in [-0.05, 0) is 30.6 Å². The van der Waals surface area contributed by atoms with Gasteiger partial charge < -0.3 is 9.84 Å². The largest absolute Gasteiger partial charge is 0.477 e. The van der Waals surface area contributed by atoms with Crippen molar-refractivity contribution in [3.05, 3.63) is 23.2 Å². The molecule has 1 N–H and O–H groups in total. The molecule has 0 aliphatic heterocycles. The number of thiophene rings is 1. The summed E-state index contributed by atoms with van der Waals surface area (Å²) >= 11 is 7.28. The van der Waals surface area contributed by atoms with Crippen LogP contribution in [0, 0.1) is 0 Å². The van der Waals surface area contributed by atoms with E-state index in [0.29, 0.717) is 10.2 Å². The number of pyridine rings is 1. The van der Waals surface area contributed by atoms with Gasteiger partial charge >= 0.3 is 5.97 Å². The molecule has 17 heavy (non-hydrogen) atoms. The molecule has 7 heteroatoms. The summed E-state index contributed by atoms with van der Waals surface area (Å²) < 4.78 is 5.68. The minimum atomic E-state index is -1.04. The van der Waals surface area contributed by atoms with E-state index < -0.39 is 5.97 Å². The molecule has 0 aromatic carbocycles. The number of fused-ring (bicyclic) bond motifs is 1. The Balaban J connectivity index is 2.59. The molecule has 0 radical (unpaired) electrons. The summed E-state index contributed by atoms with van der Waals surface area (Å²) in [6, 6.07) is 3.50. The molecule has 0 saturated carbocycles. The summed E-state index contributed by atoms with van der Waals surface area (Å²) in [5.74, 6) is -0.753. The smallest absolute Gasteiger partial charge is 0.349 e. The molecule has 0 unspecified atom stereocenters. The number of nitrogens with zero attached hydrogens (tertiary/aromatic N) is 1. The van der Waals surface area contributed by atoms with Crippen LogP contribution in [0.5, 0.6) is 5.75 Å². The lowest BCUT2D eigenvalue weighted by Crippen LogP contribution is -2.03. The summed E-state index contributed by atoms with van der Waals surface area (Å²) in [6.45, 7) is 0. The second kappa shape index (κ2) is 4.99. The molecule has 0 aliphatic carbocycles. The molecule has 0 saturated heterocycles. The van der Waals surface area contributed by atoms with Crippen LogP contribution in [0.1, 0.15) is 9.67 Å². The minimum Gasteiger partial charge on any atom is -0.477 e. The number of carboxylic acids is 1. The summed E-state index contributed by atoms with van der Waals surface area (Å²) in [4.78, 5) is 16.0. The molecule has 88 valence electrons. The average Bonchev–Trinajstić information content (AvgIpc) is 2.68. The van der Waals surface area contributed by atoms with E-state index in [2.05, 4.69) is 4.98 Å². The highest BCUT2D eigenvalue weighted by atomic mass is 32.2. The zero-order valence-corrected chi connectivity index (χ0v) is 11.1. The van der Waals surface area contributed by atoms with Crippen LogP contribution in [0.15, 0.2) is 18.3 Å². The number of carboxylic acid groups (broad SMARTS) is 1. The third kappa shape index (κ3) is 2.41. The molecule has 0 bridgehead atoms. The third-order valence-electron chi connectivity index (χ3n) is 1.97. The van der Waals surface area contributed by atoms with Gasteiger partial charge in [-0.25, -0.2) is 9.78 Å². The van der Waals surface area contributed by atoms with Gasteiger partial charge in [0.15, 0.2) is 10.6 Å². The van der Waals surface area contributed by atoms with E-state index in [1.807, 2.05) is 0 Å². The molecule has 0 atom stereocenters. The van der Waals surface area contributed by atoms with Gasteiger partial charge in [-0.1, -0.05) is 11.8 Å². The molecule has 2 heterocycles. The lowest BCUT2D eigenvalue weighted by molar-refractivity contribution is 0.0700. The molecule has 0 fully saturated rings. The number of rotatable bonds is 2. The normalized spacial score (nSPS) is 10.4. The Kier molecular flexibility index (Phi) is 3.60. The van der Waals surface area contributed by atoms with Gasteiger partial charge in [0.05, 0.1) is 5.39 Å². The van der Waals surface area contributed by atoms with Gasteiger partial charge in [0.25, 0.3) is 0 Å². The lowest BCUT2D eigenvalue weighted by Gasteiger charge is -2.03. The van der Waals surface area contributed by atoms with Crippen molar-refractivity contribution in [3.63, 3.8) is 0 Å². The van der Waals surface area contributed by atoms with Crippen LogP contribution in [0.4, 0.5) is 0 Å². The zero-order valence-electron chi connectivity index (χ0n) is 8.67. The van der Waals surface area contributed by atoms with E-state index in [4.69, 9.17) is 22.1 Å². The monoisotopic (exact) mass is 285 g/mol. The highest BCUT2D eigenvalue weighted by molar-refractivity contribution is 8.22. The number of hydrogen-bond donors (Lipinski definition) is 1.